The standard InChI is InChI=1S/C64H132N/c1-5-9-13-17-21-25-29-33-37-41-45-49-53-57-61-65(62-58-54-50-46-42-38-34-30-26-22-18-14-10-6-2,63-59-55-51-47-43-39-35-31-27-23-19-15-11-7-3)64-60-56-52-48-44-40-36-32-28-24-20-16-12-8-4/h5-64H2,1-4H3/q+1. The average molecular weight is 916 g/mol. The molecule has 0 bridgehead atoms. The molecule has 1 nitrogen and oxygen atoms in total. The van der Waals surface area contributed by atoms with E-state index in [9.17, 15) is 0 Å². The predicted molar refractivity (Wildman–Crippen MR) is 301 cm³/mol. The molecule has 0 spiro atoms. The minimum atomic E-state index is 1.37. The molecule has 0 amide bonds. The van der Waals surface area contributed by atoms with Gasteiger partial charge in [0.1, 0.15) is 0 Å². The lowest BCUT2D eigenvalue weighted by Crippen LogP contribution is -2.50. The minimum Gasteiger partial charge on any atom is -0.324 e. The molecule has 0 aromatic carbocycles. The predicted octanol–water partition coefficient (Wildman–Crippen LogP) is 23.7. The van der Waals surface area contributed by atoms with Crippen molar-refractivity contribution in [3.63, 3.8) is 0 Å². The fourth-order valence-electron chi connectivity index (χ4n) is 11.2. The number of nitrogens with zero attached hydrogens (tertiary/aromatic N) is 1. The lowest BCUT2D eigenvalue weighted by molar-refractivity contribution is -0.929. The van der Waals surface area contributed by atoms with Crippen LogP contribution >= 0.6 is 0 Å². The molecule has 0 aliphatic heterocycles. The van der Waals surface area contributed by atoms with Crippen molar-refractivity contribution in [2.75, 3.05) is 26.2 Å². The number of hydrogen-bond donors (Lipinski definition) is 0. The van der Waals surface area contributed by atoms with Crippen LogP contribution in [0.25, 0.3) is 0 Å². The van der Waals surface area contributed by atoms with Crippen molar-refractivity contribution in [2.24, 2.45) is 0 Å². The minimum absolute atomic E-state index is 1.37. The Bertz CT molecular complexity index is 670. The van der Waals surface area contributed by atoms with Gasteiger partial charge >= 0.3 is 0 Å². The SMILES string of the molecule is CCCCCCCCCCCCCCCC[N+](CCCCCCCCCCCCCCCC)(CCCCCCCCCCCCCCCC)CCCCCCCCCCCCCCCC. The Morgan fingerprint density at radius 2 is 0.215 bits per heavy atom. The molecule has 0 unspecified atom stereocenters. The second-order valence-corrected chi connectivity index (χ2v) is 22.6. The molecule has 0 rings (SSSR count). The monoisotopic (exact) mass is 915 g/mol. The molecule has 0 atom stereocenters. The highest BCUT2D eigenvalue weighted by Gasteiger charge is 2.26. The van der Waals surface area contributed by atoms with Crippen LogP contribution in [0.15, 0.2) is 0 Å². The third-order valence-electron chi connectivity index (χ3n) is 15.9. The molecule has 0 aromatic heterocycles. The van der Waals surface area contributed by atoms with Crippen molar-refractivity contribution < 1.29 is 4.48 Å². The fraction of sp³-hybridized carbons (Fsp3) is 1.00. The van der Waals surface area contributed by atoms with Gasteiger partial charge in [-0.15, -0.1) is 0 Å². The van der Waals surface area contributed by atoms with Crippen LogP contribution in [0.2, 0.25) is 0 Å². The van der Waals surface area contributed by atoms with E-state index in [2.05, 4.69) is 27.7 Å². The van der Waals surface area contributed by atoms with Crippen molar-refractivity contribution in [3.8, 4) is 0 Å². The first kappa shape index (κ1) is 65.0. The highest BCUT2D eigenvalue weighted by Crippen LogP contribution is 2.23. The molecule has 0 heterocycles. The quantitative estimate of drug-likeness (QED) is 0.0421. The molecule has 0 fully saturated rings. The molecule has 0 aliphatic rings. The van der Waals surface area contributed by atoms with Crippen molar-refractivity contribution in [1.29, 1.82) is 0 Å². The fourth-order valence-corrected chi connectivity index (χ4v) is 11.2. The van der Waals surface area contributed by atoms with Gasteiger partial charge in [0.15, 0.2) is 0 Å². The molecule has 0 aliphatic carbocycles. The van der Waals surface area contributed by atoms with Crippen molar-refractivity contribution in [2.45, 2.75) is 387 Å². The summed E-state index contributed by atoms with van der Waals surface area (Å²) in [4.78, 5) is 0. The third-order valence-corrected chi connectivity index (χ3v) is 15.9. The molecule has 0 saturated carbocycles. The van der Waals surface area contributed by atoms with Crippen molar-refractivity contribution in [3.05, 3.63) is 0 Å². The Morgan fingerprint density at radius 3 is 0.323 bits per heavy atom. The summed E-state index contributed by atoms with van der Waals surface area (Å²) >= 11 is 0. The summed E-state index contributed by atoms with van der Waals surface area (Å²) in [5.41, 5.74) is 0. The molecule has 65 heavy (non-hydrogen) atoms. The van der Waals surface area contributed by atoms with E-state index in [1.54, 1.807) is 0 Å². The van der Waals surface area contributed by atoms with Gasteiger partial charge in [-0.1, -0.05) is 336 Å². The van der Waals surface area contributed by atoms with Gasteiger partial charge < -0.3 is 4.48 Å². The smallest absolute Gasteiger partial charge is 0.0786 e. The first-order valence-electron chi connectivity index (χ1n) is 32.1. The van der Waals surface area contributed by atoms with Crippen LogP contribution in [0.1, 0.15) is 387 Å². The Hall–Kier alpha value is -0.0400. The van der Waals surface area contributed by atoms with Crippen LogP contribution in [-0.2, 0) is 0 Å². The zero-order chi connectivity index (χ0) is 46.9. The summed E-state index contributed by atoms with van der Waals surface area (Å²) in [6, 6.07) is 0. The summed E-state index contributed by atoms with van der Waals surface area (Å²) in [5.74, 6) is 0. The molecular weight excluding hydrogens is 783 g/mol. The summed E-state index contributed by atoms with van der Waals surface area (Å²) in [6.45, 7) is 15.3. The van der Waals surface area contributed by atoms with Gasteiger partial charge in [0.2, 0.25) is 0 Å². The second-order valence-electron chi connectivity index (χ2n) is 22.6. The second kappa shape index (κ2) is 58.3. The van der Waals surface area contributed by atoms with Gasteiger partial charge in [-0.2, -0.15) is 0 Å². The molecular formula is C64H132N+. The van der Waals surface area contributed by atoms with E-state index in [0.717, 1.165) is 0 Å². The van der Waals surface area contributed by atoms with Gasteiger partial charge in [0.25, 0.3) is 0 Å². The van der Waals surface area contributed by atoms with E-state index >= 15 is 0 Å². The van der Waals surface area contributed by atoms with E-state index in [4.69, 9.17) is 0 Å². The zero-order valence-electron chi connectivity index (χ0n) is 46.9. The molecule has 0 aromatic rings. The molecule has 392 valence electrons. The van der Waals surface area contributed by atoms with E-state index in [-0.39, 0.29) is 0 Å². The first-order chi connectivity index (χ1) is 32.2. The Morgan fingerprint density at radius 1 is 0.123 bits per heavy atom. The van der Waals surface area contributed by atoms with E-state index < -0.39 is 0 Å². The summed E-state index contributed by atoms with van der Waals surface area (Å²) in [5, 5.41) is 0. The van der Waals surface area contributed by atoms with Crippen LogP contribution in [0.5, 0.6) is 0 Å². The summed E-state index contributed by atoms with van der Waals surface area (Å²) in [6.07, 6.45) is 82.7. The van der Waals surface area contributed by atoms with E-state index in [1.165, 1.54) is 390 Å². The normalized spacial score (nSPS) is 12.0. The molecule has 1 heteroatoms. The molecule has 0 radical (unpaired) electrons. The van der Waals surface area contributed by atoms with E-state index in [1.807, 2.05) is 0 Å². The largest absolute Gasteiger partial charge is 0.324 e. The van der Waals surface area contributed by atoms with Crippen LogP contribution in [-0.4, -0.2) is 30.7 Å². The first-order valence-corrected chi connectivity index (χ1v) is 32.1. The van der Waals surface area contributed by atoms with Gasteiger partial charge in [-0.05, 0) is 51.4 Å². The van der Waals surface area contributed by atoms with Crippen molar-refractivity contribution in [1.82, 2.24) is 0 Å². The van der Waals surface area contributed by atoms with Gasteiger partial charge in [-0.25, -0.2) is 0 Å². The van der Waals surface area contributed by atoms with Crippen LogP contribution in [0, 0.1) is 0 Å². The highest BCUT2D eigenvalue weighted by atomic mass is 15.3. The Labute approximate surface area is 416 Å². The van der Waals surface area contributed by atoms with Crippen LogP contribution < -0.4 is 0 Å². The average Bonchev–Trinajstić information content (AvgIpc) is 3.32. The topological polar surface area (TPSA) is 0 Å². The van der Waals surface area contributed by atoms with Gasteiger partial charge in [0, 0.05) is 0 Å². The lowest BCUT2D eigenvalue weighted by Gasteiger charge is -2.40. The number of hydrogen-bond acceptors (Lipinski definition) is 0. The zero-order valence-corrected chi connectivity index (χ0v) is 46.9. The van der Waals surface area contributed by atoms with E-state index in [0.29, 0.717) is 0 Å². The third kappa shape index (κ3) is 53.2. The van der Waals surface area contributed by atoms with Crippen LogP contribution in [0.3, 0.4) is 0 Å². The maximum atomic E-state index is 2.33. The summed E-state index contributed by atoms with van der Waals surface area (Å²) < 4.78 is 1.49. The highest BCUT2D eigenvalue weighted by molar-refractivity contribution is 4.58. The Kier molecular flexibility index (Phi) is 58.2. The molecule has 0 N–H and O–H groups in total. The van der Waals surface area contributed by atoms with Gasteiger partial charge in [-0.3, -0.25) is 0 Å². The van der Waals surface area contributed by atoms with Gasteiger partial charge in [0.05, 0.1) is 26.2 Å². The molecule has 0 saturated heterocycles. The number of rotatable bonds is 60. The summed E-state index contributed by atoms with van der Waals surface area (Å²) in [7, 11) is 0. The number of unbranched alkanes of at least 4 members (excludes halogenated alkanes) is 52. The van der Waals surface area contributed by atoms with Crippen LogP contribution in [0.4, 0.5) is 0 Å². The number of quaternary nitrogens is 1. The van der Waals surface area contributed by atoms with Crippen molar-refractivity contribution >= 4 is 0 Å². The Balaban J connectivity index is 4.94. The maximum Gasteiger partial charge on any atom is 0.0786 e. The lowest BCUT2D eigenvalue weighted by atomic mass is 10.0. The maximum absolute atomic E-state index is 2.33.